The second-order valence-electron chi connectivity index (χ2n) is 5.95. The van der Waals surface area contributed by atoms with E-state index in [4.69, 9.17) is 16.6 Å². The molecule has 1 aromatic heterocycles. The Labute approximate surface area is 165 Å². The first-order valence-corrected chi connectivity index (χ1v) is 9.42. The molecule has 1 aliphatic rings. The molecule has 4 rings (SSSR count). The third kappa shape index (κ3) is 4.30. The smallest absolute Gasteiger partial charge is 0.135 e. The molecule has 6 heteroatoms. The van der Waals surface area contributed by atoms with E-state index in [9.17, 15) is 0 Å². The molecule has 1 saturated heterocycles. The highest BCUT2D eigenvalue weighted by Crippen LogP contribution is 2.35. The second kappa shape index (κ2) is 8.52. The van der Waals surface area contributed by atoms with Crippen molar-refractivity contribution in [2.45, 2.75) is 22.4 Å². The summed E-state index contributed by atoms with van der Waals surface area (Å²) in [5, 5.41) is 5.83. The van der Waals surface area contributed by atoms with Gasteiger partial charge in [0.25, 0.3) is 0 Å². The predicted octanol–water partition coefficient (Wildman–Crippen LogP) is 4.21. The van der Waals surface area contributed by atoms with Crippen LogP contribution in [0.5, 0.6) is 11.5 Å². The summed E-state index contributed by atoms with van der Waals surface area (Å²) in [4.78, 5) is 1.96. The summed E-state index contributed by atoms with van der Waals surface area (Å²) in [5.41, 5.74) is 0.992. The van der Waals surface area contributed by atoms with Crippen LogP contribution >= 0.6 is 11.8 Å². The van der Waals surface area contributed by atoms with Crippen molar-refractivity contribution in [3.63, 3.8) is 0 Å². The molecule has 1 aliphatic heterocycles. The van der Waals surface area contributed by atoms with Crippen LogP contribution in [0.2, 0.25) is 0 Å². The van der Waals surface area contributed by atoms with Gasteiger partial charge < -0.3 is 19.2 Å². The number of ether oxygens (including phenoxy) is 2. The maximum absolute atomic E-state index is 8.06. The van der Waals surface area contributed by atoms with Crippen molar-refractivity contribution in [3.05, 3.63) is 72.2 Å². The number of hydrogen-bond donors (Lipinski definition) is 2. The maximum Gasteiger partial charge on any atom is 0.135 e. The van der Waals surface area contributed by atoms with Crippen molar-refractivity contribution in [1.82, 2.24) is 10.6 Å². The van der Waals surface area contributed by atoms with Gasteiger partial charge in [-0.3, -0.25) is 5.32 Å². The zero-order valence-electron chi connectivity index (χ0n) is 16.8. The van der Waals surface area contributed by atoms with E-state index in [-0.39, 0.29) is 6.04 Å². The predicted molar refractivity (Wildman–Crippen MR) is 105 cm³/mol. The number of methoxy groups -OCH3 is 1. The van der Waals surface area contributed by atoms with E-state index in [2.05, 4.69) is 10.6 Å². The van der Waals surface area contributed by atoms with Crippen molar-refractivity contribution in [1.29, 1.82) is 0 Å². The molecule has 2 N–H and O–H groups in total. The fourth-order valence-corrected chi connectivity index (χ4v) is 3.74. The topological polar surface area (TPSA) is 55.7 Å². The van der Waals surface area contributed by atoms with Crippen LogP contribution in [-0.4, -0.2) is 20.3 Å². The molecule has 3 atom stereocenters. The van der Waals surface area contributed by atoms with Gasteiger partial charge in [0.1, 0.15) is 23.9 Å². The van der Waals surface area contributed by atoms with Gasteiger partial charge in [0.2, 0.25) is 0 Å². The van der Waals surface area contributed by atoms with Crippen LogP contribution < -0.4 is 20.1 Å². The van der Waals surface area contributed by atoms with Crippen molar-refractivity contribution >= 4 is 11.8 Å². The Hall–Kier alpha value is -2.41. The van der Waals surface area contributed by atoms with Crippen LogP contribution in [0.1, 0.15) is 20.1 Å². The number of nitrogens with one attached hydrogen (secondary N) is 2. The molecule has 0 amide bonds. The van der Waals surface area contributed by atoms with E-state index in [0.717, 1.165) is 26.9 Å². The summed E-state index contributed by atoms with van der Waals surface area (Å²) in [6.07, 6.45) is 1.62. The Balaban J connectivity index is 1.40. The molecule has 0 spiro atoms. The van der Waals surface area contributed by atoms with Gasteiger partial charge in [-0.2, -0.15) is 0 Å². The van der Waals surface area contributed by atoms with E-state index >= 15 is 0 Å². The monoisotopic (exact) mass is 384 g/mol. The molecule has 3 unspecified atom stereocenters. The molecule has 3 aromatic rings. The Morgan fingerprint density at radius 2 is 2.04 bits per heavy atom. The molecule has 2 aromatic carbocycles. The van der Waals surface area contributed by atoms with Gasteiger partial charge in [0.05, 0.1) is 25.7 Å². The lowest BCUT2D eigenvalue weighted by molar-refractivity contribution is 0.296. The Morgan fingerprint density at radius 1 is 1.19 bits per heavy atom. The van der Waals surface area contributed by atoms with Crippen molar-refractivity contribution in [3.8, 4) is 11.5 Å². The highest BCUT2D eigenvalue weighted by molar-refractivity contribution is 7.99. The highest BCUT2D eigenvalue weighted by Gasteiger charge is 2.22. The molecule has 27 heavy (non-hydrogen) atoms. The molecule has 1 fully saturated rings. The molecule has 0 radical (unpaired) electrons. The molecular formula is C21H22N2O3S. The first-order valence-electron chi connectivity index (χ1n) is 9.76. The van der Waals surface area contributed by atoms with Gasteiger partial charge in [0, 0.05) is 25.0 Å². The summed E-state index contributed by atoms with van der Waals surface area (Å²) in [5.74, 6) is 2.26. The van der Waals surface area contributed by atoms with E-state index in [1.807, 2.05) is 54.6 Å². The van der Waals surface area contributed by atoms with E-state index in [1.54, 1.807) is 25.1 Å². The number of furan rings is 1. The quantitative estimate of drug-likeness (QED) is 0.636. The Kier molecular flexibility index (Phi) is 4.93. The number of hydrogen-bond acceptors (Lipinski definition) is 6. The average Bonchev–Trinajstić information content (AvgIpc) is 3.32. The molecular weight excluding hydrogens is 360 g/mol. The average molecular weight is 384 g/mol. The van der Waals surface area contributed by atoms with Crippen molar-refractivity contribution in [2.75, 3.05) is 20.3 Å². The van der Waals surface area contributed by atoms with Gasteiger partial charge in [-0.1, -0.05) is 30.0 Å². The fourth-order valence-electron chi connectivity index (χ4n) is 2.82. The normalized spacial score (nSPS) is 22.9. The molecule has 140 valence electrons. The summed E-state index contributed by atoms with van der Waals surface area (Å²) in [7, 11) is 1.65. The lowest BCUT2D eigenvalue weighted by Crippen LogP contribution is -2.14. The molecule has 0 aliphatic carbocycles. The minimum Gasteiger partial charge on any atom is -0.496 e. The summed E-state index contributed by atoms with van der Waals surface area (Å²) in [6, 6.07) is 17.2. The van der Waals surface area contributed by atoms with Gasteiger partial charge in [-0.15, -0.1) is 0 Å². The largest absolute Gasteiger partial charge is 0.496 e. The van der Waals surface area contributed by atoms with Gasteiger partial charge in [0.15, 0.2) is 0 Å². The Morgan fingerprint density at radius 3 is 2.81 bits per heavy atom. The number of benzene rings is 2. The minimum absolute atomic E-state index is 0.349. The van der Waals surface area contributed by atoms with Crippen molar-refractivity contribution in [2.24, 2.45) is 0 Å². The van der Waals surface area contributed by atoms with Gasteiger partial charge in [-0.25, -0.2) is 0 Å². The SMILES string of the molecule is [2H]C1NC([2H])C(c2occc2Sc2ccc(OCc3ccccc3OC)cc2)N1. The van der Waals surface area contributed by atoms with Gasteiger partial charge >= 0.3 is 0 Å². The van der Waals surface area contributed by atoms with E-state index in [1.165, 1.54) is 0 Å². The summed E-state index contributed by atoms with van der Waals surface area (Å²) in [6.45, 7) is -0.846. The lowest BCUT2D eigenvalue weighted by atomic mass is 10.2. The van der Waals surface area contributed by atoms with Gasteiger partial charge in [-0.05, 0) is 36.4 Å². The zero-order chi connectivity index (χ0) is 20.2. The van der Waals surface area contributed by atoms with Crippen LogP contribution in [0.15, 0.2) is 75.1 Å². The van der Waals surface area contributed by atoms with Crippen LogP contribution in [0.3, 0.4) is 0 Å². The van der Waals surface area contributed by atoms with Crippen LogP contribution in [-0.2, 0) is 6.61 Å². The van der Waals surface area contributed by atoms with Crippen molar-refractivity contribution < 1.29 is 16.6 Å². The number of rotatable bonds is 7. The lowest BCUT2D eigenvalue weighted by Gasteiger charge is -2.11. The molecule has 0 saturated carbocycles. The molecule has 2 heterocycles. The third-order valence-corrected chi connectivity index (χ3v) is 5.25. The minimum atomic E-state index is -0.662. The Bertz CT molecular complexity index is 951. The molecule has 5 nitrogen and oxygen atoms in total. The first-order chi connectivity index (χ1) is 14.1. The van der Waals surface area contributed by atoms with Crippen LogP contribution in [0.25, 0.3) is 0 Å². The third-order valence-electron chi connectivity index (χ3n) is 4.19. The van der Waals surface area contributed by atoms with Crippen LogP contribution in [0, 0.1) is 0 Å². The van der Waals surface area contributed by atoms with E-state index < -0.39 is 13.2 Å². The van der Waals surface area contributed by atoms with Crippen LogP contribution in [0.4, 0.5) is 0 Å². The fraction of sp³-hybridized carbons (Fsp3) is 0.238. The standard InChI is InChI=1S/C21H22N2O3S/c1-24-19-5-3-2-4-15(19)13-26-16-6-8-17(9-7-16)27-20-10-11-25-21(20)18-12-22-14-23-18/h2-11,18,22-23H,12-14H2,1H3/i12D,14D. The maximum atomic E-state index is 8.06. The highest BCUT2D eigenvalue weighted by atomic mass is 32.2. The first kappa shape index (κ1) is 15.6. The molecule has 0 bridgehead atoms. The van der Waals surface area contributed by atoms with E-state index in [0.29, 0.717) is 12.4 Å². The summed E-state index contributed by atoms with van der Waals surface area (Å²) < 4.78 is 32.6. The second-order valence-corrected chi connectivity index (χ2v) is 7.06. The number of para-hydroxylation sites is 1. The summed E-state index contributed by atoms with van der Waals surface area (Å²) >= 11 is 1.56. The zero-order valence-corrected chi connectivity index (χ0v) is 15.7.